The summed E-state index contributed by atoms with van der Waals surface area (Å²) in [7, 11) is 0. The minimum absolute atomic E-state index is 0. The predicted molar refractivity (Wildman–Crippen MR) is 55.8 cm³/mol. The minimum atomic E-state index is -0.442. The summed E-state index contributed by atoms with van der Waals surface area (Å²) in [6, 6.07) is 0. The third-order valence-corrected chi connectivity index (χ3v) is 2.75. The Morgan fingerprint density at radius 1 is 1.60 bits per heavy atom. The standard InChI is InChI=1S/C11H13NO3.H2/c1-6-3-10-9(4-8(6)5-13)12-11(14)7(2)15-10;/h4-7H,3H2,1-2H3,(H,12,14);1H. The van der Waals surface area contributed by atoms with Gasteiger partial charge in [-0.2, -0.15) is 0 Å². The van der Waals surface area contributed by atoms with Crippen LogP contribution in [0.15, 0.2) is 23.1 Å². The van der Waals surface area contributed by atoms with Gasteiger partial charge in [0.1, 0.15) is 12.0 Å². The SMILES string of the molecule is CC1CC2=C(C=C1C=O)NC(=O)C(C)O2.[HH]. The Morgan fingerprint density at radius 3 is 3.00 bits per heavy atom. The quantitative estimate of drug-likeness (QED) is 0.659. The van der Waals surface area contributed by atoms with Gasteiger partial charge in [-0.25, -0.2) is 0 Å². The first-order valence-electron chi connectivity index (χ1n) is 4.99. The lowest BCUT2D eigenvalue weighted by atomic mass is 9.91. The van der Waals surface area contributed by atoms with Crippen molar-refractivity contribution in [1.82, 2.24) is 5.32 Å². The third-order valence-electron chi connectivity index (χ3n) is 2.75. The average Bonchev–Trinajstić information content (AvgIpc) is 2.20. The lowest BCUT2D eigenvalue weighted by Crippen LogP contribution is -2.40. The molecule has 1 aliphatic heterocycles. The zero-order valence-electron chi connectivity index (χ0n) is 8.74. The van der Waals surface area contributed by atoms with E-state index in [0.29, 0.717) is 17.7 Å². The Kier molecular flexibility index (Phi) is 2.34. The first-order chi connectivity index (χ1) is 7.11. The van der Waals surface area contributed by atoms with Crippen LogP contribution in [0, 0.1) is 5.92 Å². The van der Waals surface area contributed by atoms with Crippen LogP contribution in [0.25, 0.3) is 0 Å². The molecule has 2 atom stereocenters. The van der Waals surface area contributed by atoms with Crippen molar-refractivity contribution in [1.29, 1.82) is 0 Å². The second kappa shape index (κ2) is 3.53. The summed E-state index contributed by atoms with van der Waals surface area (Å²) in [5.41, 5.74) is 1.34. The number of allylic oxidation sites excluding steroid dienone is 3. The van der Waals surface area contributed by atoms with Gasteiger partial charge in [0.2, 0.25) is 0 Å². The molecule has 2 aliphatic rings. The van der Waals surface area contributed by atoms with Gasteiger partial charge in [-0.05, 0) is 24.5 Å². The molecule has 4 nitrogen and oxygen atoms in total. The van der Waals surface area contributed by atoms with E-state index < -0.39 is 6.10 Å². The largest absolute Gasteiger partial charge is 0.483 e. The first-order valence-corrected chi connectivity index (χ1v) is 4.99. The molecule has 15 heavy (non-hydrogen) atoms. The van der Waals surface area contributed by atoms with Crippen LogP contribution >= 0.6 is 0 Å². The molecule has 0 spiro atoms. The summed E-state index contributed by atoms with van der Waals surface area (Å²) in [5.74, 6) is 0.772. The second-order valence-electron chi connectivity index (χ2n) is 3.95. The smallest absolute Gasteiger partial charge is 0.265 e. The summed E-state index contributed by atoms with van der Waals surface area (Å²) in [4.78, 5) is 22.1. The maximum absolute atomic E-state index is 11.3. The molecule has 0 radical (unpaired) electrons. The van der Waals surface area contributed by atoms with Crippen LogP contribution in [0.3, 0.4) is 0 Å². The summed E-state index contributed by atoms with van der Waals surface area (Å²) in [6.07, 6.45) is 2.76. The van der Waals surface area contributed by atoms with Crippen molar-refractivity contribution in [3.63, 3.8) is 0 Å². The molecule has 1 amide bonds. The Balaban J connectivity index is 0.00000128. The van der Waals surface area contributed by atoms with Gasteiger partial charge in [-0.15, -0.1) is 0 Å². The fourth-order valence-corrected chi connectivity index (χ4v) is 1.76. The lowest BCUT2D eigenvalue weighted by molar-refractivity contribution is -0.131. The Bertz CT molecular complexity index is 387. The molecule has 1 heterocycles. The number of hydrogen-bond acceptors (Lipinski definition) is 3. The van der Waals surface area contributed by atoms with Crippen molar-refractivity contribution in [3.05, 3.63) is 23.1 Å². The highest BCUT2D eigenvalue weighted by Gasteiger charge is 2.29. The molecule has 2 rings (SSSR count). The predicted octanol–water partition coefficient (Wildman–Crippen LogP) is 1.14. The number of amides is 1. The van der Waals surface area contributed by atoms with Crippen molar-refractivity contribution < 1.29 is 15.8 Å². The van der Waals surface area contributed by atoms with Crippen LogP contribution < -0.4 is 5.32 Å². The van der Waals surface area contributed by atoms with Gasteiger partial charge in [0.15, 0.2) is 6.10 Å². The highest BCUT2D eigenvalue weighted by Crippen LogP contribution is 2.30. The molecule has 0 aromatic carbocycles. The summed E-state index contributed by atoms with van der Waals surface area (Å²) < 4.78 is 5.47. The van der Waals surface area contributed by atoms with Gasteiger partial charge >= 0.3 is 0 Å². The molecule has 4 heteroatoms. The molecule has 0 aromatic rings. The van der Waals surface area contributed by atoms with E-state index in [-0.39, 0.29) is 13.3 Å². The number of carbonyl (C=O) groups is 2. The van der Waals surface area contributed by atoms with Crippen molar-refractivity contribution >= 4 is 12.2 Å². The van der Waals surface area contributed by atoms with Crippen LogP contribution in [0.5, 0.6) is 0 Å². The summed E-state index contributed by atoms with van der Waals surface area (Å²) >= 11 is 0. The number of hydrogen-bond donors (Lipinski definition) is 1. The average molecular weight is 209 g/mol. The van der Waals surface area contributed by atoms with E-state index in [9.17, 15) is 9.59 Å². The van der Waals surface area contributed by atoms with Crippen LogP contribution in [-0.4, -0.2) is 18.3 Å². The molecule has 0 saturated carbocycles. The Morgan fingerprint density at radius 2 is 2.33 bits per heavy atom. The van der Waals surface area contributed by atoms with Crippen molar-refractivity contribution in [2.45, 2.75) is 26.4 Å². The molecule has 0 aromatic heterocycles. The van der Waals surface area contributed by atoms with E-state index in [1.54, 1.807) is 13.0 Å². The molecule has 1 aliphatic carbocycles. The van der Waals surface area contributed by atoms with Gasteiger partial charge in [0.25, 0.3) is 5.91 Å². The molecule has 2 unspecified atom stereocenters. The van der Waals surface area contributed by atoms with Crippen LogP contribution in [0.1, 0.15) is 21.7 Å². The Hall–Kier alpha value is -1.58. The highest BCUT2D eigenvalue weighted by molar-refractivity contribution is 5.85. The normalized spacial score (nSPS) is 30.0. The fraction of sp³-hybridized carbons (Fsp3) is 0.455. The van der Waals surface area contributed by atoms with Crippen LogP contribution in [0.2, 0.25) is 0 Å². The van der Waals surface area contributed by atoms with E-state index in [0.717, 1.165) is 12.0 Å². The second-order valence-corrected chi connectivity index (χ2v) is 3.95. The first kappa shape index (κ1) is 9.96. The maximum Gasteiger partial charge on any atom is 0.265 e. The molecule has 0 saturated heterocycles. The zero-order valence-corrected chi connectivity index (χ0v) is 8.74. The third kappa shape index (κ3) is 1.67. The highest BCUT2D eigenvalue weighted by atomic mass is 16.5. The number of nitrogens with one attached hydrogen (secondary N) is 1. The molecule has 1 N–H and O–H groups in total. The van der Waals surface area contributed by atoms with Gasteiger partial charge < -0.3 is 10.1 Å². The van der Waals surface area contributed by atoms with Crippen LogP contribution in [-0.2, 0) is 14.3 Å². The Labute approximate surface area is 89.5 Å². The van der Waals surface area contributed by atoms with Crippen LogP contribution in [0.4, 0.5) is 0 Å². The molecular weight excluding hydrogens is 194 g/mol. The van der Waals surface area contributed by atoms with Gasteiger partial charge in [0, 0.05) is 7.85 Å². The molecule has 0 fully saturated rings. The summed E-state index contributed by atoms with van der Waals surface area (Å²) in [6.45, 7) is 3.68. The van der Waals surface area contributed by atoms with E-state index in [1.165, 1.54) is 0 Å². The van der Waals surface area contributed by atoms with Gasteiger partial charge in [-0.1, -0.05) is 6.92 Å². The van der Waals surface area contributed by atoms with Gasteiger partial charge in [0.05, 0.1) is 5.70 Å². The van der Waals surface area contributed by atoms with E-state index >= 15 is 0 Å². The lowest BCUT2D eigenvalue weighted by Gasteiger charge is -2.30. The van der Waals surface area contributed by atoms with Crippen molar-refractivity contribution in [2.75, 3.05) is 0 Å². The van der Waals surface area contributed by atoms with E-state index in [1.807, 2.05) is 6.92 Å². The van der Waals surface area contributed by atoms with E-state index in [2.05, 4.69) is 5.32 Å². The number of ether oxygens (including phenoxy) is 1. The zero-order chi connectivity index (χ0) is 11.0. The minimum Gasteiger partial charge on any atom is -0.483 e. The van der Waals surface area contributed by atoms with Gasteiger partial charge in [-0.3, -0.25) is 9.59 Å². The molecule has 0 bridgehead atoms. The number of rotatable bonds is 1. The molecular formula is C11H15NO3. The van der Waals surface area contributed by atoms with Crippen molar-refractivity contribution in [2.24, 2.45) is 5.92 Å². The number of carbonyl (C=O) groups excluding carboxylic acids is 2. The topological polar surface area (TPSA) is 55.4 Å². The van der Waals surface area contributed by atoms with Crippen molar-refractivity contribution in [3.8, 4) is 0 Å². The van der Waals surface area contributed by atoms with E-state index in [4.69, 9.17) is 4.74 Å². The monoisotopic (exact) mass is 209 g/mol. The number of aldehydes is 1. The fourth-order valence-electron chi connectivity index (χ4n) is 1.76. The maximum atomic E-state index is 11.3. The summed E-state index contributed by atoms with van der Waals surface area (Å²) in [5, 5.41) is 2.73. The molecule has 82 valence electrons.